The first-order valence-electron chi connectivity index (χ1n) is 10.3. The monoisotopic (exact) mass is 398 g/mol. The number of hydrogen-bond donors (Lipinski definition) is 0. The molecule has 1 aromatic carbocycles. The first-order chi connectivity index (χ1) is 14.1. The number of piperidine rings is 1. The third-order valence-electron chi connectivity index (χ3n) is 5.78. The van der Waals surface area contributed by atoms with Crippen molar-refractivity contribution >= 4 is 5.91 Å². The number of para-hydroxylation sites is 1. The van der Waals surface area contributed by atoms with Crippen molar-refractivity contribution in [2.24, 2.45) is 0 Å². The van der Waals surface area contributed by atoms with Gasteiger partial charge in [0.2, 0.25) is 5.91 Å². The van der Waals surface area contributed by atoms with Crippen LogP contribution in [-0.4, -0.2) is 51.9 Å². The Bertz CT molecular complexity index is 876. The van der Waals surface area contributed by atoms with E-state index >= 15 is 0 Å². The molecular formula is C22H27FN4O2. The van der Waals surface area contributed by atoms with Crippen molar-refractivity contribution < 1.29 is 13.9 Å². The molecule has 4 rings (SSSR count). The highest BCUT2D eigenvalue weighted by Crippen LogP contribution is 2.30. The van der Waals surface area contributed by atoms with Crippen LogP contribution in [0.1, 0.15) is 49.3 Å². The van der Waals surface area contributed by atoms with E-state index in [1.165, 1.54) is 6.07 Å². The lowest BCUT2D eigenvalue weighted by Crippen LogP contribution is -2.38. The lowest BCUT2D eigenvalue weighted by Gasteiger charge is -2.35. The number of halogens is 1. The zero-order valence-electron chi connectivity index (χ0n) is 16.8. The molecule has 29 heavy (non-hydrogen) atoms. The van der Waals surface area contributed by atoms with E-state index in [-0.39, 0.29) is 17.8 Å². The minimum atomic E-state index is -0.333. The van der Waals surface area contributed by atoms with E-state index in [1.807, 2.05) is 11.1 Å². The minimum absolute atomic E-state index is 0.0908. The summed E-state index contributed by atoms with van der Waals surface area (Å²) in [5.74, 6) is 0.903. The zero-order chi connectivity index (χ0) is 20.2. The van der Waals surface area contributed by atoms with E-state index < -0.39 is 0 Å². The van der Waals surface area contributed by atoms with Gasteiger partial charge < -0.3 is 9.64 Å². The summed E-state index contributed by atoms with van der Waals surface area (Å²) in [6.45, 7) is 5.00. The molecule has 2 aliphatic heterocycles. The summed E-state index contributed by atoms with van der Waals surface area (Å²) >= 11 is 0. The third-order valence-corrected chi connectivity index (χ3v) is 5.78. The van der Waals surface area contributed by atoms with Gasteiger partial charge >= 0.3 is 0 Å². The van der Waals surface area contributed by atoms with Gasteiger partial charge in [0, 0.05) is 44.7 Å². The van der Waals surface area contributed by atoms with Crippen molar-refractivity contribution in [2.75, 3.05) is 26.2 Å². The van der Waals surface area contributed by atoms with Gasteiger partial charge in [0.1, 0.15) is 12.4 Å². The fraction of sp³-hybridized carbons (Fsp3) is 0.500. The van der Waals surface area contributed by atoms with Crippen molar-refractivity contribution in [1.82, 2.24) is 19.8 Å². The van der Waals surface area contributed by atoms with E-state index in [0.29, 0.717) is 32.0 Å². The minimum Gasteiger partial charge on any atom is -0.489 e. The Morgan fingerprint density at radius 3 is 2.97 bits per heavy atom. The summed E-state index contributed by atoms with van der Waals surface area (Å²) in [4.78, 5) is 25.3. The maximum Gasteiger partial charge on any atom is 0.219 e. The van der Waals surface area contributed by atoms with Crippen LogP contribution in [0.15, 0.2) is 30.5 Å². The molecule has 1 saturated heterocycles. The van der Waals surface area contributed by atoms with E-state index in [2.05, 4.69) is 9.88 Å². The molecule has 0 bridgehead atoms. The van der Waals surface area contributed by atoms with Gasteiger partial charge in [-0.05, 0) is 31.5 Å². The number of amides is 1. The fourth-order valence-electron chi connectivity index (χ4n) is 4.15. The maximum atomic E-state index is 13.8. The number of likely N-dealkylation sites (tertiary alicyclic amines) is 1. The lowest BCUT2D eigenvalue weighted by molar-refractivity contribution is -0.129. The van der Waals surface area contributed by atoms with Crippen LogP contribution in [0, 0.1) is 5.82 Å². The van der Waals surface area contributed by atoms with Crippen molar-refractivity contribution in [3.8, 4) is 5.75 Å². The number of benzene rings is 1. The number of nitrogens with zero attached hydrogens (tertiary/aromatic N) is 4. The predicted octanol–water partition coefficient (Wildman–Crippen LogP) is 3.13. The van der Waals surface area contributed by atoms with E-state index in [9.17, 15) is 9.18 Å². The first kappa shape index (κ1) is 19.8. The normalized spacial score (nSPS) is 19.7. The fourth-order valence-corrected chi connectivity index (χ4v) is 4.15. The second kappa shape index (κ2) is 8.86. The lowest BCUT2D eigenvalue weighted by atomic mass is 10.0. The van der Waals surface area contributed by atoms with Crippen molar-refractivity contribution in [2.45, 2.75) is 45.2 Å². The van der Waals surface area contributed by atoms with Crippen LogP contribution in [-0.2, 0) is 17.8 Å². The Labute approximate surface area is 170 Å². The zero-order valence-corrected chi connectivity index (χ0v) is 16.8. The summed E-state index contributed by atoms with van der Waals surface area (Å²) in [7, 11) is 0. The molecule has 3 heterocycles. The first-order valence-corrected chi connectivity index (χ1v) is 10.3. The molecule has 154 valence electrons. The summed E-state index contributed by atoms with van der Waals surface area (Å²) in [5, 5.41) is 0. The van der Waals surface area contributed by atoms with Crippen LogP contribution < -0.4 is 4.74 Å². The molecule has 0 N–H and O–H groups in total. The summed E-state index contributed by atoms with van der Waals surface area (Å²) < 4.78 is 19.4. The van der Waals surface area contributed by atoms with Gasteiger partial charge in [0.05, 0.1) is 11.7 Å². The van der Waals surface area contributed by atoms with E-state index in [0.717, 1.165) is 49.3 Å². The Morgan fingerprint density at radius 2 is 2.14 bits per heavy atom. The summed E-state index contributed by atoms with van der Waals surface area (Å²) in [5.41, 5.74) is 2.10. The summed E-state index contributed by atoms with van der Waals surface area (Å²) in [6, 6.07) is 6.65. The van der Waals surface area contributed by atoms with Gasteiger partial charge in [-0.3, -0.25) is 9.69 Å². The quantitative estimate of drug-likeness (QED) is 0.775. The molecule has 6 nitrogen and oxygen atoms in total. The molecule has 1 aromatic heterocycles. The van der Waals surface area contributed by atoms with Crippen molar-refractivity contribution in [3.05, 3.63) is 53.4 Å². The van der Waals surface area contributed by atoms with Crippen LogP contribution in [0.4, 0.5) is 4.39 Å². The average molecular weight is 398 g/mol. The second-order valence-electron chi connectivity index (χ2n) is 7.72. The summed E-state index contributed by atoms with van der Waals surface area (Å²) in [6.07, 6.45) is 5.95. The van der Waals surface area contributed by atoms with Gasteiger partial charge in [-0.2, -0.15) is 0 Å². The molecule has 0 unspecified atom stereocenters. The Kier molecular flexibility index (Phi) is 6.04. The van der Waals surface area contributed by atoms with Crippen LogP contribution in [0.3, 0.4) is 0 Å². The largest absolute Gasteiger partial charge is 0.489 e. The second-order valence-corrected chi connectivity index (χ2v) is 7.72. The molecule has 2 aliphatic rings. The van der Waals surface area contributed by atoms with Gasteiger partial charge in [-0.1, -0.05) is 18.6 Å². The van der Waals surface area contributed by atoms with Crippen molar-refractivity contribution in [3.63, 3.8) is 0 Å². The van der Waals surface area contributed by atoms with Gasteiger partial charge in [-0.15, -0.1) is 0 Å². The van der Waals surface area contributed by atoms with E-state index in [1.54, 1.807) is 25.1 Å². The molecule has 0 spiro atoms. The predicted molar refractivity (Wildman–Crippen MR) is 107 cm³/mol. The topological polar surface area (TPSA) is 58.6 Å². The number of carbonyl (C=O) groups excluding carboxylic acids is 1. The standard InChI is InChI=1S/C22H27FN4O2/c1-16(28)27-11-9-19-17(15-27)14-24-22(25-19)20-7-4-5-10-26(20)12-13-29-21-8-3-2-6-18(21)23/h2-3,6,8,14,20H,4-5,7,9-13,15H2,1H3/t20-/m0/s1. The Morgan fingerprint density at radius 1 is 1.28 bits per heavy atom. The SMILES string of the molecule is CC(=O)N1CCc2nc([C@@H]3CCCCN3CCOc3ccccc3F)ncc2C1. The number of ether oxygens (including phenoxy) is 1. The maximum absolute atomic E-state index is 13.8. The average Bonchev–Trinajstić information content (AvgIpc) is 2.74. The smallest absolute Gasteiger partial charge is 0.219 e. The molecule has 1 atom stereocenters. The molecular weight excluding hydrogens is 371 g/mol. The Balaban J connectivity index is 1.42. The molecule has 1 amide bonds. The molecule has 0 aliphatic carbocycles. The highest BCUT2D eigenvalue weighted by molar-refractivity contribution is 5.73. The van der Waals surface area contributed by atoms with Crippen LogP contribution in [0.5, 0.6) is 5.75 Å². The molecule has 0 saturated carbocycles. The highest BCUT2D eigenvalue weighted by Gasteiger charge is 2.28. The third kappa shape index (κ3) is 4.56. The highest BCUT2D eigenvalue weighted by atomic mass is 19.1. The van der Waals surface area contributed by atoms with E-state index in [4.69, 9.17) is 9.72 Å². The van der Waals surface area contributed by atoms with Gasteiger partial charge in [0.15, 0.2) is 11.6 Å². The van der Waals surface area contributed by atoms with Crippen LogP contribution >= 0.6 is 0 Å². The molecule has 0 radical (unpaired) electrons. The van der Waals surface area contributed by atoms with Crippen molar-refractivity contribution in [1.29, 1.82) is 0 Å². The van der Waals surface area contributed by atoms with Gasteiger partial charge in [-0.25, -0.2) is 14.4 Å². The van der Waals surface area contributed by atoms with Crippen LogP contribution in [0.2, 0.25) is 0 Å². The molecule has 1 fully saturated rings. The number of aromatic nitrogens is 2. The Hall–Kier alpha value is -2.54. The van der Waals surface area contributed by atoms with Gasteiger partial charge in [0.25, 0.3) is 0 Å². The molecule has 2 aromatic rings. The number of rotatable bonds is 5. The number of carbonyl (C=O) groups is 1. The number of hydrogen-bond acceptors (Lipinski definition) is 5. The molecule has 7 heteroatoms. The number of fused-ring (bicyclic) bond motifs is 1. The van der Waals surface area contributed by atoms with Crippen LogP contribution in [0.25, 0.3) is 0 Å².